The molecule has 0 amide bonds. The second-order valence-corrected chi connectivity index (χ2v) is 4.58. The van der Waals surface area contributed by atoms with Crippen LogP contribution in [0.3, 0.4) is 0 Å². The molecule has 2 rings (SSSR count). The Kier molecular flexibility index (Phi) is 3.47. The van der Waals surface area contributed by atoms with Crippen molar-refractivity contribution in [2.75, 3.05) is 13.7 Å². The van der Waals surface area contributed by atoms with Gasteiger partial charge < -0.3 is 10.5 Å². The Hall–Kier alpha value is -1.36. The summed E-state index contributed by atoms with van der Waals surface area (Å²) in [6.45, 7) is 0.580. The van der Waals surface area contributed by atoms with Crippen LogP contribution in [0.25, 0.3) is 0 Å². The second kappa shape index (κ2) is 4.87. The molecule has 0 spiro atoms. The number of rotatable bonds is 4. The third-order valence-electron chi connectivity index (χ3n) is 3.66. The molecule has 1 fully saturated rings. The standard InChI is InChI=1S/C12H19N3O2/c1-15-11(10(17-2)7-14-15)12(16)9-5-3-4-8(9)6-13/h7-9H,3-6,13H2,1-2H3. The van der Waals surface area contributed by atoms with E-state index in [0.29, 0.717) is 23.9 Å². The molecule has 17 heavy (non-hydrogen) atoms. The summed E-state index contributed by atoms with van der Waals surface area (Å²) < 4.78 is 6.77. The Labute approximate surface area is 101 Å². The van der Waals surface area contributed by atoms with E-state index in [1.54, 1.807) is 25.0 Å². The molecule has 1 aromatic heterocycles. The van der Waals surface area contributed by atoms with Crippen LogP contribution in [0.2, 0.25) is 0 Å². The minimum absolute atomic E-state index is 0.0318. The minimum atomic E-state index is 0.0318. The number of ether oxygens (including phenoxy) is 1. The lowest BCUT2D eigenvalue weighted by atomic mass is 9.90. The van der Waals surface area contributed by atoms with Crippen molar-refractivity contribution in [3.8, 4) is 5.75 Å². The van der Waals surface area contributed by atoms with Crippen molar-refractivity contribution in [3.63, 3.8) is 0 Å². The number of hydrogen-bond donors (Lipinski definition) is 1. The predicted molar refractivity (Wildman–Crippen MR) is 64.0 cm³/mol. The number of carbonyl (C=O) groups excluding carboxylic acids is 1. The quantitative estimate of drug-likeness (QED) is 0.793. The highest BCUT2D eigenvalue weighted by molar-refractivity contribution is 5.99. The number of carbonyl (C=O) groups is 1. The maximum atomic E-state index is 12.5. The molecular formula is C12H19N3O2. The van der Waals surface area contributed by atoms with E-state index in [1.807, 2.05) is 0 Å². The van der Waals surface area contributed by atoms with Crippen LogP contribution in [0.4, 0.5) is 0 Å². The van der Waals surface area contributed by atoms with Gasteiger partial charge in [0.2, 0.25) is 0 Å². The SMILES string of the molecule is COc1cnn(C)c1C(=O)C1CCCC1CN. The van der Waals surface area contributed by atoms with E-state index in [9.17, 15) is 4.79 Å². The molecule has 0 saturated heterocycles. The maximum Gasteiger partial charge on any atom is 0.188 e. The largest absolute Gasteiger partial charge is 0.493 e. The number of aromatic nitrogens is 2. The average Bonchev–Trinajstić information content (AvgIpc) is 2.93. The third kappa shape index (κ3) is 2.07. The molecule has 1 aliphatic rings. The molecular weight excluding hydrogens is 218 g/mol. The fraction of sp³-hybridized carbons (Fsp3) is 0.667. The van der Waals surface area contributed by atoms with Crippen molar-refractivity contribution >= 4 is 5.78 Å². The third-order valence-corrected chi connectivity index (χ3v) is 3.66. The Balaban J connectivity index is 2.27. The average molecular weight is 237 g/mol. The number of nitrogens with two attached hydrogens (primary N) is 1. The highest BCUT2D eigenvalue weighted by Crippen LogP contribution is 2.35. The van der Waals surface area contributed by atoms with Crippen molar-refractivity contribution in [2.24, 2.45) is 24.6 Å². The van der Waals surface area contributed by atoms with Gasteiger partial charge >= 0.3 is 0 Å². The van der Waals surface area contributed by atoms with Crippen LogP contribution in [0.5, 0.6) is 5.75 Å². The van der Waals surface area contributed by atoms with Gasteiger partial charge in [-0.15, -0.1) is 0 Å². The van der Waals surface area contributed by atoms with Crippen molar-refractivity contribution in [2.45, 2.75) is 19.3 Å². The number of Topliss-reactive ketones (excluding diaryl/α,β-unsaturated/α-hetero) is 1. The van der Waals surface area contributed by atoms with Gasteiger partial charge in [0.25, 0.3) is 0 Å². The van der Waals surface area contributed by atoms with Crippen molar-refractivity contribution in [3.05, 3.63) is 11.9 Å². The Morgan fingerprint density at radius 2 is 2.41 bits per heavy atom. The van der Waals surface area contributed by atoms with Gasteiger partial charge in [0.1, 0.15) is 5.69 Å². The molecule has 94 valence electrons. The normalized spacial score (nSPS) is 23.9. The number of aryl methyl sites for hydroxylation is 1. The van der Waals surface area contributed by atoms with E-state index in [1.165, 1.54) is 0 Å². The zero-order chi connectivity index (χ0) is 12.4. The summed E-state index contributed by atoms with van der Waals surface area (Å²) in [6, 6.07) is 0. The van der Waals surface area contributed by atoms with E-state index in [0.717, 1.165) is 19.3 Å². The first-order valence-electron chi connectivity index (χ1n) is 5.99. The first kappa shape index (κ1) is 12.1. The van der Waals surface area contributed by atoms with Gasteiger partial charge in [-0.1, -0.05) is 6.42 Å². The Morgan fingerprint density at radius 3 is 3.06 bits per heavy atom. The summed E-state index contributed by atoms with van der Waals surface area (Å²) >= 11 is 0. The molecule has 1 aromatic rings. The first-order valence-corrected chi connectivity index (χ1v) is 5.99. The van der Waals surface area contributed by atoms with E-state index in [-0.39, 0.29) is 11.7 Å². The van der Waals surface area contributed by atoms with Crippen LogP contribution in [0, 0.1) is 11.8 Å². The van der Waals surface area contributed by atoms with Crippen LogP contribution < -0.4 is 10.5 Å². The van der Waals surface area contributed by atoms with E-state index >= 15 is 0 Å². The monoisotopic (exact) mass is 237 g/mol. The molecule has 2 unspecified atom stereocenters. The molecule has 1 heterocycles. The van der Waals surface area contributed by atoms with Gasteiger partial charge in [-0.25, -0.2) is 0 Å². The summed E-state index contributed by atoms with van der Waals surface area (Å²) in [6.07, 6.45) is 4.64. The number of nitrogens with zero attached hydrogens (tertiary/aromatic N) is 2. The smallest absolute Gasteiger partial charge is 0.188 e. The first-order chi connectivity index (χ1) is 8.19. The molecule has 1 aliphatic carbocycles. The van der Waals surface area contributed by atoms with Crippen molar-refractivity contribution in [1.82, 2.24) is 9.78 Å². The number of methoxy groups -OCH3 is 1. The molecule has 2 N–H and O–H groups in total. The van der Waals surface area contributed by atoms with Crippen molar-refractivity contribution in [1.29, 1.82) is 0 Å². The second-order valence-electron chi connectivity index (χ2n) is 4.58. The molecule has 0 bridgehead atoms. The summed E-state index contributed by atoms with van der Waals surface area (Å²) in [7, 11) is 3.32. The van der Waals surface area contributed by atoms with Gasteiger partial charge in [-0.05, 0) is 25.3 Å². The van der Waals surface area contributed by atoms with Crippen LogP contribution in [-0.4, -0.2) is 29.2 Å². The fourth-order valence-electron chi connectivity index (χ4n) is 2.69. The zero-order valence-electron chi connectivity index (χ0n) is 10.3. The van der Waals surface area contributed by atoms with E-state index in [4.69, 9.17) is 10.5 Å². The lowest BCUT2D eigenvalue weighted by Crippen LogP contribution is -2.26. The lowest BCUT2D eigenvalue weighted by Gasteiger charge is -2.17. The van der Waals surface area contributed by atoms with Gasteiger partial charge in [0.05, 0.1) is 13.3 Å². The van der Waals surface area contributed by atoms with Crippen LogP contribution >= 0.6 is 0 Å². The van der Waals surface area contributed by atoms with E-state index in [2.05, 4.69) is 5.10 Å². The van der Waals surface area contributed by atoms with Crippen LogP contribution in [-0.2, 0) is 7.05 Å². The van der Waals surface area contributed by atoms with Gasteiger partial charge in [-0.3, -0.25) is 9.48 Å². The lowest BCUT2D eigenvalue weighted by molar-refractivity contribution is 0.0880. The number of hydrogen-bond acceptors (Lipinski definition) is 4. The highest BCUT2D eigenvalue weighted by atomic mass is 16.5. The Morgan fingerprint density at radius 1 is 1.65 bits per heavy atom. The summed E-state index contributed by atoms with van der Waals surface area (Å²) in [4.78, 5) is 12.5. The summed E-state index contributed by atoms with van der Waals surface area (Å²) in [5.41, 5.74) is 6.29. The van der Waals surface area contributed by atoms with Crippen LogP contribution in [0.1, 0.15) is 29.8 Å². The molecule has 0 aliphatic heterocycles. The molecule has 0 radical (unpaired) electrons. The highest BCUT2D eigenvalue weighted by Gasteiger charge is 2.35. The molecule has 5 heteroatoms. The van der Waals surface area contributed by atoms with Gasteiger partial charge in [0, 0.05) is 13.0 Å². The van der Waals surface area contributed by atoms with Crippen LogP contribution in [0.15, 0.2) is 6.20 Å². The van der Waals surface area contributed by atoms with Gasteiger partial charge in [-0.2, -0.15) is 5.10 Å². The zero-order valence-corrected chi connectivity index (χ0v) is 10.3. The summed E-state index contributed by atoms with van der Waals surface area (Å²) in [5, 5.41) is 4.07. The Bertz CT molecular complexity index is 414. The van der Waals surface area contributed by atoms with E-state index < -0.39 is 0 Å². The molecule has 0 aromatic carbocycles. The van der Waals surface area contributed by atoms with Crippen molar-refractivity contribution < 1.29 is 9.53 Å². The topological polar surface area (TPSA) is 70.1 Å². The predicted octanol–water partition coefficient (Wildman–Crippen LogP) is 0.986. The minimum Gasteiger partial charge on any atom is -0.493 e. The fourth-order valence-corrected chi connectivity index (χ4v) is 2.69. The van der Waals surface area contributed by atoms with Gasteiger partial charge in [0.15, 0.2) is 11.5 Å². The molecule has 5 nitrogen and oxygen atoms in total. The maximum absolute atomic E-state index is 12.5. The molecule has 1 saturated carbocycles. The summed E-state index contributed by atoms with van der Waals surface area (Å²) in [5.74, 6) is 1.02. The number of ketones is 1. The molecule has 2 atom stereocenters.